The monoisotopic (exact) mass is 415 g/mol. The number of benzene rings is 2. The van der Waals surface area contributed by atoms with Crippen molar-refractivity contribution in [3.63, 3.8) is 0 Å². The number of nitrogens with one attached hydrogen (secondary N) is 1. The Morgan fingerprint density at radius 3 is 2.20 bits per heavy atom. The third-order valence-corrected chi connectivity index (χ3v) is 5.74. The van der Waals surface area contributed by atoms with Gasteiger partial charge in [0.2, 0.25) is 0 Å². The zero-order valence-corrected chi connectivity index (χ0v) is 16.5. The molecule has 8 nitrogen and oxygen atoms in total. The van der Waals surface area contributed by atoms with Crippen LogP contribution in [0.3, 0.4) is 0 Å². The van der Waals surface area contributed by atoms with Gasteiger partial charge in [-0.25, -0.2) is 4.79 Å². The number of carbonyl (C=O) groups excluding carboxylic acids is 1. The van der Waals surface area contributed by atoms with E-state index in [1.165, 1.54) is 7.11 Å². The molecule has 2 aromatic rings. The molecule has 1 saturated heterocycles. The summed E-state index contributed by atoms with van der Waals surface area (Å²) >= 11 is 0. The second kappa shape index (κ2) is 8.71. The van der Waals surface area contributed by atoms with Crippen LogP contribution in [0.5, 0.6) is 0 Å². The van der Waals surface area contributed by atoms with Gasteiger partial charge in [0, 0.05) is 13.0 Å². The van der Waals surface area contributed by atoms with Crippen molar-refractivity contribution in [1.29, 1.82) is 0 Å². The summed E-state index contributed by atoms with van der Waals surface area (Å²) in [6, 6.07) is 14.9. The first-order valence-corrected chi connectivity index (χ1v) is 9.82. The number of rotatable bonds is 5. The predicted octanol–water partition coefficient (Wildman–Crippen LogP) is 0.979. The van der Waals surface area contributed by atoms with Crippen molar-refractivity contribution in [3.8, 4) is 11.1 Å². The van der Waals surface area contributed by atoms with Crippen LogP contribution in [0.15, 0.2) is 48.5 Å². The lowest BCUT2D eigenvalue weighted by atomic mass is 9.97. The fourth-order valence-corrected chi connectivity index (χ4v) is 4.21. The zero-order chi connectivity index (χ0) is 21.3. The number of methoxy groups -OCH3 is 1. The van der Waals surface area contributed by atoms with Gasteiger partial charge in [0.15, 0.2) is 6.29 Å². The largest absolute Gasteiger partial charge is 0.449 e. The highest BCUT2D eigenvalue weighted by molar-refractivity contribution is 5.79. The van der Waals surface area contributed by atoms with Crippen LogP contribution in [0.1, 0.15) is 17.0 Å². The van der Waals surface area contributed by atoms with Gasteiger partial charge < -0.3 is 34.8 Å². The third-order valence-electron chi connectivity index (χ3n) is 5.74. The number of alkyl carbamates (subject to hydrolysis) is 1. The van der Waals surface area contributed by atoms with Gasteiger partial charge in [-0.3, -0.25) is 0 Å². The van der Waals surface area contributed by atoms with Crippen LogP contribution in [-0.4, -0.2) is 72.4 Å². The molecule has 0 aromatic heterocycles. The molecule has 0 unspecified atom stereocenters. The summed E-state index contributed by atoms with van der Waals surface area (Å²) in [7, 11) is 1.34. The Bertz CT molecular complexity index is 857. The molecule has 0 spiro atoms. The van der Waals surface area contributed by atoms with Gasteiger partial charge in [-0.05, 0) is 22.3 Å². The Kier molecular flexibility index (Phi) is 6.03. The highest BCUT2D eigenvalue weighted by Gasteiger charge is 2.45. The van der Waals surface area contributed by atoms with E-state index in [9.17, 15) is 20.1 Å². The number of aliphatic hydroxyl groups excluding tert-OH is 3. The first kappa shape index (κ1) is 20.8. The number of fused-ring (bicyclic) bond motifs is 3. The average molecular weight is 415 g/mol. The van der Waals surface area contributed by atoms with Crippen molar-refractivity contribution < 1.29 is 34.3 Å². The Labute approximate surface area is 174 Å². The number of hydrogen-bond donors (Lipinski definition) is 4. The van der Waals surface area contributed by atoms with E-state index >= 15 is 0 Å². The lowest BCUT2D eigenvalue weighted by Crippen LogP contribution is -2.64. The molecule has 30 heavy (non-hydrogen) atoms. The van der Waals surface area contributed by atoms with E-state index in [0.29, 0.717) is 0 Å². The first-order valence-electron chi connectivity index (χ1n) is 9.82. The summed E-state index contributed by atoms with van der Waals surface area (Å²) in [4.78, 5) is 12.5. The average Bonchev–Trinajstić information content (AvgIpc) is 3.09. The molecule has 8 heteroatoms. The Morgan fingerprint density at radius 1 is 1.03 bits per heavy atom. The molecule has 4 N–H and O–H groups in total. The molecule has 0 saturated carbocycles. The Hall–Kier alpha value is -2.49. The third kappa shape index (κ3) is 3.68. The van der Waals surface area contributed by atoms with Gasteiger partial charge in [-0.2, -0.15) is 0 Å². The highest BCUT2D eigenvalue weighted by atomic mass is 16.7. The molecule has 2 aliphatic rings. The van der Waals surface area contributed by atoms with E-state index in [1.807, 2.05) is 48.5 Å². The fourth-order valence-electron chi connectivity index (χ4n) is 4.21. The van der Waals surface area contributed by atoms with Gasteiger partial charge in [0.05, 0.1) is 6.61 Å². The SMILES string of the molecule is CO[C@H]1O[C@H](CO)[C@@H](O)[C@H](O)[C@@H]1NC(=O)OCC1c2ccccc2-c2ccccc21. The number of aliphatic hydroxyl groups is 3. The molecule has 4 rings (SSSR count). The molecular weight excluding hydrogens is 390 g/mol. The van der Waals surface area contributed by atoms with Crippen LogP contribution in [0, 0.1) is 0 Å². The minimum Gasteiger partial charge on any atom is -0.449 e. The molecule has 0 radical (unpaired) electrons. The summed E-state index contributed by atoms with van der Waals surface area (Å²) in [5.41, 5.74) is 4.42. The van der Waals surface area contributed by atoms with Crippen LogP contribution >= 0.6 is 0 Å². The Balaban J connectivity index is 1.44. The van der Waals surface area contributed by atoms with Crippen molar-refractivity contribution in [1.82, 2.24) is 5.32 Å². The standard InChI is InChI=1S/C22H25NO7/c1-28-21-18(20(26)19(25)17(10-24)30-21)23-22(27)29-11-16-14-8-4-2-6-12(14)13-7-3-5-9-15(13)16/h2-9,16-21,24-26H,10-11H2,1H3,(H,23,27)/t17-,18+,19-,20-,21+/m1/s1. The van der Waals surface area contributed by atoms with Crippen molar-refractivity contribution in [2.24, 2.45) is 0 Å². The maximum atomic E-state index is 12.5. The van der Waals surface area contributed by atoms with E-state index in [2.05, 4.69) is 5.32 Å². The molecule has 1 heterocycles. The van der Waals surface area contributed by atoms with Gasteiger partial charge >= 0.3 is 6.09 Å². The smallest absolute Gasteiger partial charge is 0.407 e. The van der Waals surface area contributed by atoms with E-state index < -0.39 is 43.3 Å². The van der Waals surface area contributed by atoms with Gasteiger partial charge in [0.25, 0.3) is 0 Å². The van der Waals surface area contributed by atoms with Crippen molar-refractivity contribution in [2.75, 3.05) is 20.3 Å². The van der Waals surface area contributed by atoms with Crippen LogP contribution < -0.4 is 5.32 Å². The lowest BCUT2D eigenvalue weighted by molar-refractivity contribution is -0.262. The lowest BCUT2D eigenvalue weighted by Gasteiger charge is -2.41. The van der Waals surface area contributed by atoms with Gasteiger partial charge in [0.1, 0.15) is 31.0 Å². The predicted molar refractivity (Wildman–Crippen MR) is 107 cm³/mol. The molecule has 1 amide bonds. The zero-order valence-electron chi connectivity index (χ0n) is 16.5. The topological polar surface area (TPSA) is 117 Å². The second-order valence-corrected chi connectivity index (χ2v) is 7.44. The molecule has 0 bridgehead atoms. The van der Waals surface area contributed by atoms with E-state index in [-0.39, 0.29) is 12.5 Å². The van der Waals surface area contributed by atoms with Gasteiger partial charge in [-0.1, -0.05) is 48.5 Å². The molecule has 1 aliphatic carbocycles. The van der Waals surface area contributed by atoms with Crippen molar-refractivity contribution in [2.45, 2.75) is 36.6 Å². The normalized spacial score (nSPS) is 27.9. The molecular formula is C22H25NO7. The Morgan fingerprint density at radius 2 is 1.63 bits per heavy atom. The first-order chi connectivity index (χ1) is 14.5. The maximum Gasteiger partial charge on any atom is 0.407 e. The number of ether oxygens (including phenoxy) is 3. The molecule has 2 aromatic carbocycles. The van der Waals surface area contributed by atoms with Crippen LogP contribution in [0.4, 0.5) is 4.79 Å². The maximum absolute atomic E-state index is 12.5. The fraction of sp³-hybridized carbons (Fsp3) is 0.409. The molecule has 160 valence electrons. The summed E-state index contributed by atoms with van der Waals surface area (Å²) in [6.07, 6.45) is -5.57. The van der Waals surface area contributed by atoms with Crippen LogP contribution in [0.2, 0.25) is 0 Å². The minimum atomic E-state index is -1.39. The quantitative estimate of drug-likeness (QED) is 0.575. The van der Waals surface area contributed by atoms with Crippen LogP contribution in [-0.2, 0) is 14.2 Å². The van der Waals surface area contributed by atoms with Gasteiger partial charge in [-0.15, -0.1) is 0 Å². The minimum absolute atomic E-state index is 0.0988. The van der Waals surface area contributed by atoms with E-state index in [4.69, 9.17) is 14.2 Å². The van der Waals surface area contributed by atoms with E-state index in [1.54, 1.807) is 0 Å². The summed E-state index contributed by atoms with van der Waals surface area (Å²) in [5, 5.41) is 32.2. The summed E-state index contributed by atoms with van der Waals surface area (Å²) in [5.74, 6) is -0.0988. The number of carbonyl (C=O) groups is 1. The molecule has 1 fully saturated rings. The number of hydrogen-bond acceptors (Lipinski definition) is 7. The molecule has 1 aliphatic heterocycles. The highest BCUT2D eigenvalue weighted by Crippen LogP contribution is 2.44. The van der Waals surface area contributed by atoms with E-state index in [0.717, 1.165) is 22.3 Å². The van der Waals surface area contributed by atoms with Crippen LogP contribution in [0.25, 0.3) is 11.1 Å². The van der Waals surface area contributed by atoms with Crippen molar-refractivity contribution in [3.05, 3.63) is 59.7 Å². The second-order valence-electron chi connectivity index (χ2n) is 7.44. The molecule has 5 atom stereocenters. The van der Waals surface area contributed by atoms with Crippen molar-refractivity contribution >= 4 is 6.09 Å². The summed E-state index contributed by atoms with van der Waals surface area (Å²) in [6.45, 7) is -0.376. The summed E-state index contributed by atoms with van der Waals surface area (Å²) < 4.78 is 16.0. The number of amides is 1.